The van der Waals surface area contributed by atoms with Crippen molar-refractivity contribution in [3.8, 4) is 0 Å². The normalized spacial score (nSPS) is 10.6. The summed E-state index contributed by atoms with van der Waals surface area (Å²) in [7, 11) is 0. The number of halogens is 2. The molecule has 0 radical (unpaired) electrons. The van der Waals surface area contributed by atoms with Crippen molar-refractivity contribution in [3.05, 3.63) is 40.6 Å². The van der Waals surface area contributed by atoms with Crippen LogP contribution in [0.4, 0.5) is 10.1 Å². The Morgan fingerprint density at radius 1 is 1.15 bits per heavy atom. The van der Waals surface area contributed by atoms with Crippen LogP contribution in [0.25, 0.3) is 10.8 Å². The first-order valence-electron chi connectivity index (χ1n) is 3.82. The van der Waals surface area contributed by atoms with Gasteiger partial charge < -0.3 is 5.73 Å². The van der Waals surface area contributed by atoms with E-state index in [9.17, 15) is 4.39 Å². The molecule has 0 aliphatic heterocycles. The van der Waals surface area contributed by atoms with Gasteiger partial charge in [0.2, 0.25) is 0 Å². The molecule has 0 fully saturated rings. The van der Waals surface area contributed by atoms with Gasteiger partial charge in [-0.05, 0) is 22.0 Å². The van der Waals surface area contributed by atoms with Crippen molar-refractivity contribution in [2.24, 2.45) is 0 Å². The number of rotatable bonds is 0. The third-order valence-electron chi connectivity index (χ3n) is 1.96. The molecule has 0 amide bonds. The lowest BCUT2D eigenvalue weighted by molar-refractivity contribution is 0.640. The van der Waals surface area contributed by atoms with E-state index in [2.05, 4.69) is 15.9 Å². The van der Waals surface area contributed by atoms with Crippen LogP contribution in [0.3, 0.4) is 0 Å². The van der Waals surface area contributed by atoms with E-state index in [1.54, 1.807) is 12.1 Å². The number of anilines is 1. The molecule has 1 nitrogen and oxygen atoms in total. The maximum Gasteiger partial charge on any atom is 0.133 e. The second-order valence-corrected chi connectivity index (χ2v) is 3.60. The van der Waals surface area contributed by atoms with Crippen LogP contribution >= 0.6 is 15.9 Å². The van der Waals surface area contributed by atoms with Gasteiger partial charge >= 0.3 is 0 Å². The Labute approximate surface area is 83.5 Å². The first-order chi connectivity index (χ1) is 6.20. The molecule has 3 heteroatoms. The minimum Gasteiger partial charge on any atom is -0.398 e. The van der Waals surface area contributed by atoms with Crippen molar-refractivity contribution in [3.63, 3.8) is 0 Å². The number of hydrogen-bond acceptors (Lipinski definition) is 1. The summed E-state index contributed by atoms with van der Waals surface area (Å²) in [6.07, 6.45) is 0. The van der Waals surface area contributed by atoms with Crippen LogP contribution in [0.5, 0.6) is 0 Å². The van der Waals surface area contributed by atoms with E-state index in [1.165, 1.54) is 6.07 Å². The van der Waals surface area contributed by atoms with Gasteiger partial charge in [0.25, 0.3) is 0 Å². The zero-order valence-corrected chi connectivity index (χ0v) is 8.31. The standard InChI is InChI=1S/C10H7BrFN/c11-10-7-4-2-1-3-6(7)8(12)5-9(10)13/h1-5H,13H2. The molecule has 0 aliphatic carbocycles. The summed E-state index contributed by atoms with van der Waals surface area (Å²) in [5.41, 5.74) is 6.03. The highest BCUT2D eigenvalue weighted by Gasteiger charge is 2.06. The van der Waals surface area contributed by atoms with Gasteiger partial charge in [0.05, 0.1) is 0 Å². The zero-order valence-electron chi connectivity index (χ0n) is 6.72. The molecule has 13 heavy (non-hydrogen) atoms. The summed E-state index contributed by atoms with van der Waals surface area (Å²) in [5, 5.41) is 1.39. The Morgan fingerprint density at radius 3 is 2.46 bits per heavy atom. The highest BCUT2D eigenvalue weighted by atomic mass is 79.9. The van der Waals surface area contributed by atoms with Crippen LogP contribution in [0, 0.1) is 5.82 Å². The van der Waals surface area contributed by atoms with Crippen LogP contribution in [-0.4, -0.2) is 0 Å². The van der Waals surface area contributed by atoms with E-state index in [0.29, 0.717) is 11.1 Å². The van der Waals surface area contributed by atoms with E-state index < -0.39 is 0 Å². The molecule has 66 valence electrons. The van der Waals surface area contributed by atoms with E-state index in [-0.39, 0.29) is 5.82 Å². The second kappa shape index (κ2) is 3.00. The lowest BCUT2D eigenvalue weighted by atomic mass is 10.1. The van der Waals surface area contributed by atoms with Crippen molar-refractivity contribution in [2.75, 3.05) is 5.73 Å². The highest BCUT2D eigenvalue weighted by Crippen LogP contribution is 2.31. The first kappa shape index (κ1) is 8.51. The van der Waals surface area contributed by atoms with Crippen LogP contribution in [0.2, 0.25) is 0 Å². The molecule has 0 aliphatic rings. The minimum absolute atomic E-state index is 0.281. The molecule has 2 rings (SSSR count). The van der Waals surface area contributed by atoms with Crippen LogP contribution < -0.4 is 5.73 Å². The number of nitrogen functional groups attached to an aromatic ring is 1. The summed E-state index contributed by atoms with van der Waals surface area (Å²) in [6, 6.07) is 8.54. The molecular formula is C10H7BrFN. The SMILES string of the molecule is Nc1cc(F)c2ccccc2c1Br. The number of fused-ring (bicyclic) bond motifs is 1. The van der Waals surface area contributed by atoms with Gasteiger partial charge in [-0.2, -0.15) is 0 Å². The minimum atomic E-state index is -0.281. The van der Waals surface area contributed by atoms with Gasteiger partial charge in [0.1, 0.15) is 5.82 Å². The predicted octanol–water partition coefficient (Wildman–Crippen LogP) is 3.32. The lowest BCUT2D eigenvalue weighted by Gasteiger charge is -2.04. The maximum atomic E-state index is 13.3. The highest BCUT2D eigenvalue weighted by molar-refractivity contribution is 9.10. The smallest absolute Gasteiger partial charge is 0.133 e. The monoisotopic (exact) mass is 239 g/mol. The van der Waals surface area contributed by atoms with Crippen molar-refractivity contribution in [2.45, 2.75) is 0 Å². The molecule has 2 aromatic carbocycles. The fraction of sp³-hybridized carbons (Fsp3) is 0. The van der Waals surface area contributed by atoms with E-state index in [4.69, 9.17) is 5.73 Å². The molecule has 0 saturated heterocycles. The number of nitrogens with two attached hydrogens (primary N) is 1. The first-order valence-corrected chi connectivity index (χ1v) is 4.61. The Kier molecular flexibility index (Phi) is 1.96. The molecule has 0 spiro atoms. The Hall–Kier alpha value is -1.09. The molecule has 2 N–H and O–H groups in total. The van der Waals surface area contributed by atoms with Gasteiger partial charge in [-0.1, -0.05) is 24.3 Å². The summed E-state index contributed by atoms with van der Waals surface area (Å²) in [5.74, 6) is -0.281. The molecule has 2 aromatic rings. The Balaban J connectivity index is 2.97. The van der Waals surface area contributed by atoms with E-state index in [0.717, 1.165) is 9.86 Å². The van der Waals surface area contributed by atoms with Crippen molar-refractivity contribution >= 4 is 32.4 Å². The van der Waals surface area contributed by atoms with E-state index >= 15 is 0 Å². The van der Waals surface area contributed by atoms with Crippen molar-refractivity contribution in [1.29, 1.82) is 0 Å². The molecule has 0 heterocycles. The number of benzene rings is 2. The van der Waals surface area contributed by atoms with Crippen LogP contribution in [0.15, 0.2) is 34.8 Å². The Bertz CT molecular complexity index is 468. The van der Waals surface area contributed by atoms with Crippen LogP contribution in [0.1, 0.15) is 0 Å². The maximum absolute atomic E-state index is 13.3. The fourth-order valence-electron chi connectivity index (χ4n) is 1.32. The summed E-state index contributed by atoms with van der Waals surface area (Å²) in [4.78, 5) is 0. The van der Waals surface area contributed by atoms with Gasteiger partial charge in [-0.25, -0.2) is 4.39 Å². The van der Waals surface area contributed by atoms with Gasteiger partial charge in [-0.3, -0.25) is 0 Å². The van der Waals surface area contributed by atoms with Crippen molar-refractivity contribution < 1.29 is 4.39 Å². The summed E-state index contributed by atoms with van der Waals surface area (Å²) < 4.78 is 14.1. The predicted molar refractivity (Wildman–Crippen MR) is 56.0 cm³/mol. The van der Waals surface area contributed by atoms with Crippen molar-refractivity contribution in [1.82, 2.24) is 0 Å². The molecule has 0 saturated carbocycles. The zero-order chi connectivity index (χ0) is 9.42. The Morgan fingerprint density at radius 2 is 1.77 bits per heavy atom. The fourth-order valence-corrected chi connectivity index (χ4v) is 1.78. The molecular weight excluding hydrogens is 233 g/mol. The quantitative estimate of drug-likeness (QED) is 0.702. The molecule has 0 aromatic heterocycles. The molecule has 0 atom stereocenters. The third-order valence-corrected chi connectivity index (χ3v) is 2.84. The summed E-state index contributed by atoms with van der Waals surface area (Å²) in [6.45, 7) is 0. The van der Waals surface area contributed by atoms with Gasteiger partial charge in [0.15, 0.2) is 0 Å². The lowest BCUT2D eigenvalue weighted by Crippen LogP contribution is -1.90. The average molecular weight is 240 g/mol. The second-order valence-electron chi connectivity index (χ2n) is 2.81. The molecule has 0 bridgehead atoms. The van der Waals surface area contributed by atoms with Gasteiger partial charge in [0, 0.05) is 20.9 Å². The largest absolute Gasteiger partial charge is 0.398 e. The molecule has 0 unspecified atom stereocenters. The van der Waals surface area contributed by atoms with Gasteiger partial charge in [-0.15, -0.1) is 0 Å². The number of hydrogen-bond donors (Lipinski definition) is 1. The third kappa shape index (κ3) is 1.29. The van der Waals surface area contributed by atoms with E-state index in [1.807, 2.05) is 12.1 Å². The topological polar surface area (TPSA) is 26.0 Å². The average Bonchev–Trinajstić information content (AvgIpc) is 2.15. The summed E-state index contributed by atoms with van der Waals surface area (Å²) >= 11 is 3.32. The van der Waals surface area contributed by atoms with Crippen LogP contribution in [-0.2, 0) is 0 Å².